The zero-order valence-electron chi connectivity index (χ0n) is 21.7. The first-order valence-corrected chi connectivity index (χ1v) is 13.6. The lowest BCUT2D eigenvalue weighted by Crippen LogP contribution is -2.53. The monoisotopic (exact) mass is 519 g/mol. The lowest BCUT2D eigenvalue weighted by Gasteiger charge is -2.28. The number of carbonyl (C=O) groups is 4. The van der Waals surface area contributed by atoms with Crippen molar-refractivity contribution in [3.63, 3.8) is 0 Å². The van der Waals surface area contributed by atoms with Crippen LogP contribution in [0.25, 0.3) is 0 Å². The smallest absolute Gasteiger partial charge is 0.307 e. The number of carboxylic acids is 1. The molecule has 0 radical (unpaired) electrons. The highest BCUT2D eigenvalue weighted by atomic mass is 16.4. The Morgan fingerprint density at radius 1 is 0.895 bits per heavy atom. The molecule has 2 aromatic carbocycles. The van der Waals surface area contributed by atoms with Gasteiger partial charge in [-0.15, -0.1) is 0 Å². The molecule has 202 valence electrons. The van der Waals surface area contributed by atoms with E-state index in [0.29, 0.717) is 19.4 Å². The first kappa shape index (κ1) is 27.5. The maximum absolute atomic E-state index is 13.4. The fraction of sp³-hybridized carbons (Fsp3) is 0.467. The summed E-state index contributed by atoms with van der Waals surface area (Å²) in [7, 11) is 0. The molecule has 0 saturated carbocycles. The van der Waals surface area contributed by atoms with Gasteiger partial charge in [0, 0.05) is 25.4 Å². The lowest BCUT2D eigenvalue weighted by atomic mass is 9.91. The highest BCUT2D eigenvalue weighted by Gasteiger charge is 2.38. The first-order chi connectivity index (χ1) is 18.4. The van der Waals surface area contributed by atoms with Crippen molar-refractivity contribution in [3.05, 3.63) is 71.8 Å². The first-order valence-electron chi connectivity index (χ1n) is 13.6. The second kappa shape index (κ2) is 13.3. The third kappa shape index (κ3) is 7.51. The normalized spacial score (nSPS) is 20.6. The Bertz CT molecular complexity index is 1100. The molecule has 0 spiro atoms. The molecule has 0 unspecified atom stereocenters. The molecule has 4 atom stereocenters. The minimum atomic E-state index is -1.01. The molecule has 2 fully saturated rings. The number of hydrogen-bond acceptors (Lipinski definition) is 5. The molecular weight excluding hydrogens is 482 g/mol. The molecule has 38 heavy (non-hydrogen) atoms. The molecule has 0 bridgehead atoms. The number of nitrogens with one attached hydrogen (secondary N) is 2. The second-order valence-electron chi connectivity index (χ2n) is 10.4. The van der Waals surface area contributed by atoms with Gasteiger partial charge in [0.2, 0.25) is 11.8 Å². The summed E-state index contributed by atoms with van der Waals surface area (Å²) >= 11 is 0. The lowest BCUT2D eigenvalue weighted by molar-refractivity contribution is -0.144. The molecule has 2 heterocycles. The van der Waals surface area contributed by atoms with Gasteiger partial charge in [0.25, 0.3) is 0 Å². The van der Waals surface area contributed by atoms with Crippen LogP contribution in [0.5, 0.6) is 0 Å². The molecule has 0 aliphatic carbocycles. The van der Waals surface area contributed by atoms with E-state index in [9.17, 15) is 24.3 Å². The number of Topliss-reactive ketones (excluding diaryl/α,β-unsaturated/α-hetero) is 1. The van der Waals surface area contributed by atoms with E-state index >= 15 is 0 Å². The maximum Gasteiger partial charge on any atom is 0.307 e. The summed E-state index contributed by atoms with van der Waals surface area (Å²) in [6.07, 6.45) is 3.72. The van der Waals surface area contributed by atoms with Crippen molar-refractivity contribution in [1.82, 2.24) is 15.5 Å². The van der Waals surface area contributed by atoms with E-state index in [4.69, 9.17) is 0 Å². The molecule has 8 heteroatoms. The summed E-state index contributed by atoms with van der Waals surface area (Å²) in [4.78, 5) is 53.1. The van der Waals surface area contributed by atoms with Crippen molar-refractivity contribution in [1.29, 1.82) is 0 Å². The molecule has 3 N–H and O–H groups in total. The third-order valence-corrected chi connectivity index (χ3v) is 7.49. The van der Waals surface area contributed by atoms with Crippen LogP contribution in [-0.4, -0.2) is 64.8 Å². The molecule has 8 nitrogen and oxygen atoms in total. The molecule has 2 saturated heterocycles. The molecule has 4 rings (SSSR count). The highest BCUT2D eigenvalue weighted by molar-refractivity contribution is 5.91. The van der Waals surface area contributed by atoms with Crippen molar-refractivity contribution in [3.8, 4) is 0 Å². The Hall–Kier alpha value is -3.52. The van der Waals surface area contributed by atoms with Gasteiger partial charge in [0.15, 0.2) is 0 Å². The number of aliphatic carboxylic acids is 1. The van der Waals surface area contributed by atoms with Crippen molar-refractivity contribution in [2.75, 3.05) is 13.1 Å². The fourth-order valence-electron chi connectivity index (χ4n) is 5.55. The Balaban J connectivity index is 1.42. The molecule has 0 aromatic heterocycles. The summed E-state index contributed by atoms with van der Waals surface area (Å²) in [5, 5.41) is 16.0. The van der Waals surface area contributed by atoms with Gasteiger partial charge in [0.05, 0.1) is 12.0 Å². The summed E-state index contributed by atoms with van der Waals surface area (Å²) in [6.45, 7) is 1.36. The van der Waals surface area contributed by atoms with E-state index in [1.54, 1.807) is 4.90 Å². The number of ketones is 1. The van der Waals surface area contributed by atoms with Crippen LogP contribution in [0.3, 0.4) is 0 Å². The van der Waals surface area contributed by atoms with Crippen LogP contribution in [0.15, 0.2) is 60.7 Å². The van der Waals surface area contributed by atoms with E-state index in [-0.39, 0.29) is 42.9 Å². The van der Waals surface area contributed by atoms with Crippen molar-refractivity contribution >= 4 is 23.6 Å². The predicted octanol–water partition coefficient (Wildman–Crippen LogP) is 2.75. The van der Waals surface area contributed by atoms with Crippen molar-refractivity contribution in [2.24, 2.45) is 5.92 Å². The minimum Gasteiger partial charge on any atom is -0.481 e. The summed E-state index contributed by atoms with van der Waals surface area (Å²) in [5.41, 5.74) is 1.84. The molecule has 2 aromatic rings. The molecule has 2 aliphatic rings. The van der Waals surface area contributed by atoms with Gasteiger partial charge in [-0.3, -0.25) is 19.2 Å². The molecular formula is C30H37N3O5. The van der Waals surface area contributed by atoms with Gasteiger partial charge in [-0.2, -0.15) is 0 Å². The van der Waals surface area contributed by atoms with Gasteiger partial charge in [-0.05, 0) is 56.2 Å². The van der Waals surface area contributed by atoms with E-state index in [1.807, 2.05) is 60.7 Å². The maximum atomic E-state index is 13.4. The second-order valence-corrected chi connectivity index (χ2v) is 10.4. The van der Waals surface area contributed by atoms with Crippen LogP contribution in [-0.2, 0) is 32.0 Å². The Morgan fingerprint density at radius 2 is 1.55 bits per heavy atom. The topological polar surface area (TPSA) is 116 Å². The van der Waals surface area contributed by atoms with Crippen LogP contribution in [0.1, 0.15) is 49.7 Å². The summed E-state index contributed by atoms with van der Waals surface area (Å²) < 4.78 is 0. The Morgan fingerprint density at radius 3 is 2.16 bits per heavy atom. The van der Waals surface area contributed by atoms with Crippen LogP contribution in [0.2, 0.25) is 0 Å². The van der Waals surface area contributed by atoms with E-state index in [2.05, 4.69) is 10.6 Å². The minimum absolute atomic E-state index is 0.0268. The number of amides is 2. The molecule has 2 aliphatic heterocycles. The number of nitrogens with zero attached hydrogens (tertiary/aromatic N) is 1. The fourth-order valence-corrected chi connectivity index (χ4v) is 5.55. The van der Waals surface area contributed by atoms with Crippen LogP contribution >= 0.6 is 0 Å². The van der Waals surface area contributed by atoms with Crippen LogP contribution < -0.4 is 10.6 Å². The number of carboxylic acid groups (broad SMARTS) is 1. The predicted molar refractivity (Wildman–Crippen MR) is 143 cm³/mol. The number of hydrogen-bond donors (Lipinski definition) is 3. The van der Waals surface area contributed by atoms with E-state index in [1.165, 1.54) is 0 Å². The van der Waals surface area contributed by atoms with E-state index < -0.39 is 24.0 Å². The van der Waals surface area contributed by atoms with Gasteiger partial charge in [-0.25, -0.2) is 0 Å². The third-order valence-electron chi connectivity index (χ3n) is 7.49. The highest BCUT2D eigenvalue weighted by Crippen LogP contribution is 2.22. The molecule has 2 amide bonds. The Labute approximate surface area is 223 Å². The van der Waals surface area contributed by atoms with Gasteiger partial charge in [0.1, 0.15) is 11.8 Å². The van der Waals surface area contributed by atoms with Gasteiger partial charge in [-0.1, -0.05) is 60.7 Å². The van der Waals surface area contributed by atoms with E-state index in [0.717, 1.165) is 36.9 Å². The van der Waals surface area contributed by atoms with Gasteiger partial charge < -0.3 is 20.6 Å². The summed E-state index contributed by atoms with van der Waals surface area (Å²) in [6, 6.07) is 17.6. The van der Waals surface area contributed by atoms with Crippen LogP contribution in [0.4, 0.5) is 0 Å². The zero-order chi connectivity index (χ0) is 26.9. The average Bonchev–Trinajstić information content (AvgIpc) is 3.62. The number of rotatable bonds is 12. The van der Waals surface area contributed by atoms with Crippen LogP contribution in [0, 0.1) is 5.92 Å². The largest absolute Gasteiger partial charge is 0.481 e. The van der Waals surface area contributed by atoms with Crippen molar-refractivity contribution < 1.29 is 24.3 Å². The SMILES string of the molecule is O=C(C[C@H](Cc1ccccc1)NC(=O)[C@H]1CCCN1C(=O)[C@@H]1CCCN1)C[C@@H](Cc1ccccc1)C(=O)O. The van der Waals surface area contributed by atoms with Gasteiger partial charge >= 0.3 is 5.97 Å². The standard InChI is InChI=1S/C30H37N3O5/c34-25(19-23(30(37)38)17-21-9-3-1-4-10-21)20-24(18-22-11-5-2-6-12-22)32-28(35)27-14-8-16-33(27)29(36)26-13-7-15-31-26/h1-6,9-12,23-24,26-27,31H,7-8,13-20H2,(H,32,35)(H,37,38)/t23-,24+,26+,27-/m1/s1. The van der Waals surface area contributed by atoms with Crippen molar-refractivity contribution in [2.45, 2.75) is 69.5 Å². The summed E-state index contributed by atoms with van der Waals surface area (Å²) in [5.74, 6) is -2.32. The number of benzene rings is 2. The Kier molecular flexibility index (Phi) is 9.65. The number of carbonyl (C=O) groups excluding carboxylic acids is 3. The number of likely N-dealkylation sites (tertiary alicyclic amines) is 1. The quantitative estimate of drug-likeness (QED) is 0.397. The zero-order valence-corrected chi connectivity index (χ0v) is 21.7. The average molecular weight is 520 g/mol.